The van der Waals surface area contributed by atoms with Gasteiger partial charge in [-0.15, -0.1) is 0 Å². The van der Waals surface area contributed by atoms with Crippen LogP contribution in [-0.4, -0.2) is 24.4 Å². The first-order valence-corrected chi connectivity index (χ1v) is 7.20. The zero-order valence-electron chi connectivity index (χ0n) is 12.0. The van der Waals surface area contributed by atoms with Gasteiger partial charge in [0.2, 0.25) is 5.91 Å². The summed E-state index contributed by atoms with van der Waals surface area (Å²) in [6, 6.07) is 6.78. The van der Waals surface area contributed by atoms with Crippen LogP contribution in [-0.2, 0) is 14.3 Å². The van der Waals surface area contributed by atoms with Crippen molar-refractivity contribution in [3.63, 3.8) is 0 Å². The molecule has 0 aromatic heterocycles. The molecule has 1 aliphatic rings. The molecule has 1 N–H and O–H groups in total. The lowest BCUT2D eigenvalue weighted by Crippen LogP contribution is -2.32. The summed E-state index contributed by atoms with van der Waals surface area (Å²) < 4.78 is 18.2. The van der Waals surface area contributed by atoms with Crippen molar-refractivity contribution in [3.8, 4) is 6.07 Å². The highest BCUT2D eigenvalue weighted by Gasteiger charge is 2.27. The van der Waals surface area contributed by atoms with E-state index in [2.05, 4.69) is 5.32 Å². The number of Topliss-reactive ketones (excluding diaryl/α,β-unsaturated/α-hetero) is 1. The molecule has 1 saturated carbocycles. The van der Waals surface area contributed by atoms with Gasteiger partial charge in [0.25, 0.3) is 0 Å². The van der Waals surface area contributed by atoms with Crippen molar-refractivity contribution in [1.82, 2.24) is 0 Å². The van der Waals surface area contributed by atoms with Crippen molar-refractivity contribution in [3.05, 3.63) is 30.1 Å². The Balaban J connectivity index is 1.88. The van der Waals surface area contributed by atoms with E-state index in [1.54, 1.807) is 6.07 Å². The molecule has 1 fully saturated rings. The number of amides is 1. The number of benzene rings is 1. The maximum Gasteiger partial charge on any atom is 0.249 e. The molecule has 0 saturated heterocycles. The summed E-state index contributed by atoms with van der Waals surface area (Å²) in [7, 11) is 0. The van der Waals surface area contributed by atoms with Crippen molar-refractivity contribution in [2.75, 3.05) is 11.9 Å². The molecule has 6 heteroatoms. The molecular weight excluding hydrogens is 287 g/mol. The van der Waals surface area contributed by atoms with E-state index < -0.39 is 23.4 Å². The van der Waals surface area contributed by atoms with Crippen molar-refractivity contribution < 1.29 is 18.7 Å². The van der Waals surface area contributed by atoms with Crippen LogP contribution in [0.5, 0.6) is 0 Å². The number of nitrogens with one attached hydrogen (secondary N) is 1. The number of ether oxygens (including phenoxy) is 1. The van der Waals surface area contributed by atoms with E-state index in [0.717, 1.165) is 25.7 Å². The number of rotatable bonds is 6. The van der Waals surface area contributed by atoms with E-state index in [4.69, 9.17) is 10.00 Å². The van der Waals surface area contributed by atoms with Crippen molar-refractivity contribution >= 4 is 17.4 Å². The highest BCUT2D eigenvalue weighted by Crippen LogP contribution is 2.21. The summed E-state index contributed by atoms with van der Waals surface area (Å²) in [5, 5.41) is 11.5. The first-order chi connectivity index (χ1) is 10.6. The molecule has 0 unspecified atom stereocenters. The van der Waals surface area contributed by atoms with Crippen LogP contribution < -0.4 is 5.32 Å². The zero-order chi connectivity index (χ0) is 15.9. The Morgan fingerprint density at radius 2 is 1.95 bits per heavy atom. The lowest BCUT2D eigenvalue weighted by Gasteiger charge is -2.13. The van der Waals surface area contributed by atoms with Gasteiger partial charge in [-0.3, -0.25) is 9.59 Å². The number of carbonyl (C=O) groups excluding carboxylic acids is 2. The highest BCUT2D eigenvalue weighted by atomic mass is 19.1. The molecular formula is C16H17FN2O3. The second-order valence-electron chi connectivity index (χ2n) is 5.24. The number of carbonyl (C=O) groups is 2. The molecule has 5 nitrogen and oxygen atoms in total. The smallest absolute Gasteiger partial charge is 0.249 e. The Morgan fingerprint density at radius 1 is 1.32 bits per heavy atom. The summed E-state index contributed by atoms with van der Waals surface area (Å²) in [6.45, 7) is -0.236. The average molecular weight is 304 g/mol. The quantitative estimate of drug-likeness (QED) is 0.819. The van der Waals surface area contributed by atoms with Gasteiger partial charge in [-0.1, -0.05) is 12.8 Å². The first-order valence-electron chi connectivity index (χ1n) is 7.20. The van der Waals surface area contributed by atoms with E-state index in [-0.39, 0.29) is 12.7 Å². The van der Waals surface area contributed by atoms with E-state index in [1.165, 1.54) is 24.3 Å². The second kappa shape index (κ2) is 7.66. The van der Waals surface area contributed by atoms with E-state index in [0.29, 0.717) is 5.69 Å². The van der Waals surface area contributed by atoms with Crippen LogP contribution in [0.4, 0.5) is 10.1 Å². The summed E-state index contributed by atoms with van der Waals surface area (Å²) in [5.74, 6) is -3.15. The van der Waals surface area contributed by atoms with Gasteiger partial charge in [0.05, 0.1) is 12.2 Å². The largest absolute Gasteiger partial charge is 0.370 e. The van der Waals surface area contributed by atoms with E-state index in [1.807, 2.05) is 0 Å². The second-order valence-corrected chi connectivity index (χ2v) is 5.24. The monoisotopic (exact) mass is 304 g/mol. The lowest BCUT2D eigenvalue weighted by atomic mass is 10.1. The van der Waals surface area contributed by atoms with Gasteiger partial charge in [0, 0.05) is 5.69 Å². The molecule has 116 valence electrons. The van der Waals surface area contributed by atoms with E-state index >= 15 is 0 Å². The van der Waals surface area contributed by atoms with Crippen LogP contribution in [0, 0.1) is 23.1 Å². The molecule has 1 aliphatic carbocycles. The molecule has 2 rings (SSSR count). The maximum atomic E-state index is 12.8. The third-order valence-corrected chi connectivity index (χ3v) is 3.59. The first kappa shape index (κ1) is 16.1. The molecule has 0 spiro atoms. The summed E-state index contributed by atoms with van der Waals surface area (Å²) in [4.78, 5) is 23.9. The normalized spacial score (nSPS) is 16.0. The van der Waals surface area contributed by atoms with Crippen molar-refractivity contribution in [1.29, 1.82) is 5.26 Å². The minimum Gasteiger partial charge on any atom is -0.370 e. The Morgan fingerprint density at radius 3 is 2.55 bits per heavy atom. The number of halogens is 1. The molecule has 0 heterocycles. The lowest BCUT2D eigenvalue weighted by molar-refractivity contribution is -0.133. The predicted molar refractivity (Wildman–Crippen MR) is 77.3 cm³/mol. The summed E-state index contributed by atoms with van der Waals surface area (Å²) in [5.41, 5.74) is 0.330. The van der Waals surface area contributed by atoms with Crippen molar-refractivity contribution in [2.45, 2.75) is 31.8 Å². The third-order valence-electron chi connectivity index (χ3n) is 3.59. The van der Waals surface area contributed by atoms with Gasteiger partial charge in [0.15, 0.2) is 11.7 Å². The topological polar surface area (TPSA) is 79.2 Å². The number of anilines is 1. The number of hydrogen-bond acceptors (Lipinski definition) is 4. The van der Waals surface area contributed by atoms with Crippen LogP contribution in [0.3, 0.4) is 0 Å². The van der Waals surface area contributed by atoms with Gasteiger partial charge < -0.3 is 10.1 Å². The summed E-state index contributed by atoms with van der Waals surface area (Å²) in [6.07, 6.45) is 4.01. The Kier molecular flexibility index (Phi) is 5.61. The van der Waals surface area contributed by atoms with Gasteiger partial charge >= 0.3 is 0 Å². The molecule has 1 aromatic carbocycles. The maximum absolute atomic E-state index is 12.8. The average Bonchev–Trinajstić information content (AvgIpc) is 3.01. The molecule has 0 aliphatic heterocycles. The minimum atomic E-state index is -1.42. The Bertz CT molecular complexity index is 574. The molecule has 1 amide bonds. The van der Waals surface area contributed by atoms with Crippen molar-refractivity contribution in [2.24, 2.45) is 5.92 Å². The highest BCUT2D eigenvalue weighted by molar-refractivity contribution is 6.09. The standard InChI is InChI=1S/C16H17FN2O3/c17-11-5-7-12(8-6-11)19-16(21)14(9-18)15(20)10-22-13-3-1-2-4-13/h5-8,13-14H,1-4,10H2,(H,19,21)/t14-/m1/s1. The molecule has 1 aromatic rings. The minimum absolute atomic E-state index is 0.0449. The van der Waals surface area contributed by atoms with Crippen LogP contribution in [0.25, 0.3) is 0 Å². The van der Waals surface area contributed by atoms with Crippen LogP contribution in [0.2, 0.25) is 0 Å². The fraction of sp³-hybridized carbons (Fsp3) is 0.438. The number of ketones is 1. The van der Waals surface area contributed by atoms with Gasteiger partial charge in [-0.25, -0.2) is 4.39 Å². The van der Waals surface area contributed by atoms with Gasteiger partial charge in [-0.05, 0) is 37.1 Å². The van der Waals surface area contributed by atoms with Gasteiger partial charge in [-0.2, -0.15) is 5.26 Å². The summed E-state index contributed by atoms with van der Waals surface area (Å²) >= 11 is 0. The molecule has 1 atom stereocenters. The fourth-order valence-electron chi connectivity index (χ4n) is 2.36. The molecule has 0 bridgehead atoms. The Hall–Kier alpha value is -2.26. The van der Waals surface area contributed by atoms with Gasteiger partial charge in [0.1, 0.15) is 12.4 Å². The van der Waals surface area contributed by atoms with Crippen LogP contribution in [0.15, 0.2) is 24.3 Å². The third kappa shape index (κ3) is 4.37. The van der Waals surface area contributed by atoms with E-state index in [9.17, 15) is 14.0 Å². The fourth-order valence-corrected chi connectivity index (χ4v) is 2.36. The number of nitriles is 1. The van der Waals surface area contributed by atoms with Crippen LogP contribution in [0.1, 0.15) is 25.7 Å². The number of hydrogen-bond donors (Lipinski definition) is 1. The SMILES string of the molecule is N#C[C@H](C(=O)COC1CCCC1)C(=O)Nc1ccc(F)cc1. The molecule has 22 heavy (non-hydrogen) atoms. The van der Waals surface area contributed by atoms with Crippen LogP contribution >= 0.6 is 0 Å². The Labute approximate surface area is 128 Å². The zero-order valence-corrected chi connectivity index (χ0v) is 12.0. The molecule has 0 radical (unpaired) electrons. The predicted octanol–water partition coefficient (Wildman–Crippen LogP) is 2.43. The number of nitrogens with zero attached hydrogens (tertiary/aromatic N) is 1.